The smallest absolute Gasteiger partial charge is 0.269 e. The highest BCUT2D eigenvalue weighted by Gasteiger charge is 2.21. The molecule has 1 aromatic rings. The van der Waals surface area contributed by atoms with Crippen LogP contribution in [-0.4, -0.2) is 21.5 Å². The Labute approximate surface area is 106 Å². The van der Waals surface area contributed by atoms with Crippen molar-refractivity contribution in [3.63, 3.8) is 0 Å². The Kier molecular flexibility index (Phi) is 3.96. The molecule has 4 nitrogen and oxygen atoms in total. The van der Waals surface area contributed by atoms with Crippen LogP contribution in [0.4, 0.5) is 5.69 Å². The van der Waals surface area contributed by atoms with Crippen molar-refractivity contribution in [2.24, 2.45) is 0 Å². The normalized spacial score (nSPS) is 20.5. The number of thioether (sulfide) groups is 1. The maximum atomic E-state index is 11.9. The summed E-state index contributed by atoms with van der Waals surface area (Å²) in [5, 5.41) is 25.1. The van der Waals surface area contributed by atoms with Crippen molar-refractivity contribution in [1.29, 1.82) is 0 Å². The van der Waals surface area contributed by atoms with Gasteiger partial charge in [0.25, 0.3) is 5.69 Å². The van der Waals surface area contributed by atoms with E-state index in [-0.39, 0.29) is 22.3 Å². The van der Waals surface area contributed by atoms with E-state index in [1.54, 1.807) is 5.41 Å². The molecule has 2 rings (SSSR count). The number of nitrogens with zero attached hydrogens (tertiary/aromatic N) is 1. The first-order chi connectivity index (χ1) is 8.16. The molecule has 1 fully saturated rings. The number of non-ortho nitro benzene ring substituents is 1. The molecule has 6 heteroatoms. The average Bonchev–Trinajstić information content (AvgIpc) is 2.82. The van der Waals surface area contributed by atoms with E-state index >= 15 is 0 Å². The zero-order valence-corrected chi connectivity index (χ0v) is 10.6. The minimum Gasteiger partial charge on any atom is -0.869 e. The third-order valence-electron chi connectivity index (χ3n) is 2.36. The molecule has 1 unspecified atom stereocenters. The first-order valence-corrected chi connectivity index (χ1v) is 7.82. The van der Waals surface area contributed by atoms with E-state index in [2.05, 4.69) is 0 Å². The second-order valence-corrected chi connectivity index (χ2v) is 7.03. The zero-order valence-electron chi connectivity index (χ0n) is 9.00. The second kappa shape index (κ2) is 5.46. The van der Waals surface area contributed by atoms with Crippen molar-refractivity contribution in [1.82, 2.24) is 0 Å². The molecular formula is C11H11NO3S2. The molecule has 1 atom stereocenters. The molecule has 0 amide bonds. The fraction of sp³-hybridized carbons (Fsp3) is 0.273. The molecule has 0 spiro atoms. The Balaban J connectivity index is 2.13. The highest BCUT2D eigenvalue weighted by Crippen LogP contribution is 2.22. The summed E-state index contributed by atoms with van der Waals surface area (Å²) in [7, 11) is 0.0825. The molecule has 1 aliphatic heterocycles. The van der Waals surface area contributed by atoms with Crippen LogP contribution in [0.2, 0.25) is 0 Å². The summed E-state index contributed by atoms with van der Waals surface area (Å²) in [6, 6.07) is 5.77. The molecule has 17 heavy (non-hydrogen) atoms. The number of nitro groups is 1. The van der Waals surface area contributed by atoms with Gasteiger partial charge in [-0.05, 0) is 17.7 Å². The summed E-state index contributed by atoms with van der Waals surface area (Å²) >= 11 is 1.87. The van der Waals surface area contributed by atoms with Crippen LogP contribution >= 0.6 is 11.8 Å². The number of nitro benzene ring substituents is 1. The molecule has 1 heterocycles. The highest BCUT2D eigenvalue weighted by atomic mass is 32.2. The quantitative estimate of drug-likeness (QED) is 0.361. The third kappa shape index (κ3) is 3.17. The van der Waals surface area contributed by atoms with Gasteiger partial charge in [0.2, 0.25) is 0 Å². The summed E-state index contributed by atoms with van der Waals surface area (Å²) in [4.78, 5) is 10.0. The van der Waals surface area contributed by atoms with E-state index in [0.29, 0.717) is 5.56 Å². The number of rotatable bonds is 3. The SMILES string of the molecule is O=[N+]([O-])c1ccc(/C([O-])=C\[S+]2CCSC2)cc1. The van der Waals surface area contributed by atoms with Crippen LogP contribution < -0.4 is 5.11 Å². The molecule has 0 saturated carbocycles. The fourth-order valence-corrected chi connectivity index (χ4v) is 5.41. The van der Waals surface area contributed by atoms with Gasteiger partial charge in [-0.25, -0.2) is 0 Å². The third-order valence-corrected chi connectivity index (χ3v) is 6.27. The van der Waals surface area contributed by atoms with Gasteiger partial charge in [-0.1, -0.05) is 5.76 Å². The van der Waals surface area contributed by atoms with Gasteiger partial charge in [-0.2, -0.15) is 0 Å². The lowest BCUT2D eigenvalue weighted by molar-refractivity contribution is -0.384. The number of hydrogen-bond acceptors (Lipinski definition) is 4. The predicted molar refractivity (Wildman–Crippen MR) is 70.6 cm³/mol. The van der Waals surface area contributed by atoms with Gasteiger partial charge < -0.3 is 5.11 Å². The monoisotopic (exact) mass is 269 g/mol. The van der Waals surface area contributed by atoms with Crippen molar-refractivity contribution < 1.29 is 10.0 Å². The van der Waals surface area contributed by atoms with Crippen LogP contribution in [0.5, 0.6) is 0 Å². The van der Waals surface area contributed by atoms with E-state index in [0.717, 1.165) is 16.6 Å². The molecule has 1 aliphatic rings. The fourth-order valence-electron chi connectivity index (χ4n) is 1.45. The standard InChI is InChI=1S/C11H11NO3S2/c13-11(7-17-6-5-16-8-17)9-1-3-10(4-2-9)12(14)15/h1-4,7H,5-6,8H2/b11-7+. The van der Waals surface area contributed by atoms with Gasteiger partial charge in [0.15, 0.2) is 5.08 Å². The van der Waals surface area contributed by atoms with Crippen LogP contribution in [-0.2, 0) is 10.9 Å². The summed E-state index contributed by atoms with van der Waals surface area (Å²) in [5.41, 5.74) is 0.542. The predicted octanol–water partition coefficient (Wildman–Crippen LogP) is 1.58. The van der Waals surface area contributed by atoms with Crippen LogP contribution in [0.3, 0.4) is 0 Å². The van der Waals surface area contributed by atoms with E-state index in [4.69, 9.17) is 0 Å². The highest BCUT2D eigenvalue weighted by molar-refractivity contribution is 8.18. The van der Waals surface area contributed by atoms with Crippen molar-refractivity contribution in [3.8, 4) is 0 Å². The van der Waals surface area contributed by atoms with E-state index in [9.17, 15) is 15.2 Å². The molecule has 0 bridgehead atoms. The Morgan fingerprint density at radius 2 is 2.12 bits per heavy atom. The first-order valence-electron chi connectivity index (χ1n) is 5.04. The first kappa shape index (κ1) is 12.3. The molecule has 0 aliphatic carbocycles. The van der Waals surface area contributed by atoms with E-state index in [1.807, 2.05) is 11.8 Å². The van der Waals surface area contributed by atoms with Crippen LogP contribution in [0.15, 0.2) is 29.7 Å². The lowest BCUT2D eigenvalue weighted by Crippen LogP contribution is -2.08. The number of benzene rings is 1. The summed E-state index contributed by atoms with van der Waals surface area (Å²) in [6.07, 6.45) is 0. The van der Waals surface area contributed by atoms with Crippen molar-refractivity contribution >= 4 is 34.1 Å². The minimum absolute atomic E-state index is 0.0143. The molecule has 1 aromatic carbocycles. The molecule has 0 aromatic heterocycles. The Bertz CT molecular complexity index is 439. The van der Waals surface area contributed by atoms with Crippen molar-refractivity contribution in [2.45, 2.75) is 0 Å². The maximum Gasteiger partial charge on any atom is 0.269 e. The van der Waals surface area contributed by atoms with Gasteiger partial charge in [-0.15, -0.1) is 11.8 Å². The van der Waals surface area contributed by atoms with Crippen molar-refractivity contribution in [3.05, 3.63) is 45.4 Å². The van der Waals surface area contributed by atoms with Gasteiger partial charge in [-0.3, -0.25) is 10.1 Å². The topological polar surface area (TPSA) is 66.2 Å². The lowest BCUT2D eigenvalue weighted by Gasteiger charge is -2.09. The largest absolute Gasteiger partial charge is 0.869 e. The molecule has 0 radical (unpaired) electrons. The van der Waals surface area contributed by atoms with Crippen molar-refractivity contribution in [2.75, 3.05) is 16.6 Å². The minimum atomic E-state index is -0.465. The van der Waals surface area contributed by atoms with Crippen LogP contribution in [0, 0.1) is 10.1 Å². The Morgan fingerprint density at radius 1 is 1.41 bits per heavy atom. The van der Waals surface area contributed by atoms with Gasteiger partial charge in [0, 0.05) is 28.8 Å². The molecule has 1 saturated heterocycles. The molecule has 90 valence electrons. The van der Waals surface area contributed by atoms with Crippen LogP contribution in [0.25, 0.3) is 5.76 Å². The van der Waals surface area contributed by atoms with Gasteiger partial charge in [0.05, 0.1) is 4.92 Å². The van der Waals surface area contributed by atoms with Gasteiger partial charge in [0.1, 0.15) is 11.2 Å². The zero-order chi connectivity index (χ0) is 12.3. The maximum absolute atomic E-state index is 11.9. The Morgan fingerprint density at radius 3 is 2.65 bits per heavy atom. The van der Waals surface area contributed by atoms with E-state index in [1.165, 1.54) is 24.3 Å². The van der Waals surface area contributed by atoms with Gasteiger partial charge >= 0.3 is 0 Å². The number of hydrogen-bond donors (Lipinski definition) is 0. The van der Waals surface area contributed by atoms with Crippen LogP contribution in [0.1, 0.15) is 5.56 Å². The summed E-state index contributed by atoms with van der Waals surface area (Å²) < 4.78 is 0. The summed E-state index contributed by atoms with van der Waals surface area (Å²) in [6.45, 7) is 0. The average molecular weight is 269 g/mol. The molecular weight excluding hydrogens is 258 g/mol. The second-order valence-electron chi connectivity index (χ2n) is 3.55. The van der Waals surface area contributed by atoms with E-state index < -0.39 is 4.92 Å². The summed E-state index contributed by atoms with van der Waals surface area (Å²) in [5.74, 6) is 2.17. The Hall–Kier alpha value is -1.14. The molecule has 0 N–H and O–H groups in total. The lowest BCUT2D eigenvalue weighted by atomic mass is 10.2.